The number of phenolic OH excluding ortho intramolecular Hbond substituents is 1. The van der Waals surface area contributed by atoms with E-state index in [0.717, 1.165) is 44.9 Å². The number of aryl methyl sites for hydroxylation is 1. The van der Waals surface area contributed by atoms with E-state index in [0.29, 0.717) is 49.9 Å². The molecule has 13 heteroatoms. The second-order valence-corrected chi connectivity index (χ2v) is 16.2. The highest BCUT2D eigenvalue weighted by Gasteiger charge is 2.64. The number of aliphatic hydroxyl groups is 1. The second-order valence-electron chi connectivity index (χ2n) is 12.2. The van der Waals surface area contributed by atoms with Gasteiger partial charge in [-0.1, -0.05) is 25.8 Å². The minimum atomic E-state index is -4.92. The van der Waals surface area contributed by atoms with Crippen molar-refractivity contribution in [2.75, 3.05) is 19.6 Å². The van der Waals surface area contributed by atoms with Gasteiger partial charge < -0.3 is 40.4 Å². The van der Waals surface area contributed by atoms with Crippen LogP contribution < -0.4 is 10.6 Å². The van der Waals surface area contributed by atoms with Crippen molar-refractivity contribution in [3.05, 3.63) is 29.3 Å². The molecular formula is C27H44N2O9P2. The van der Waals surface area contributed by atoms with Crippen LogP contribution in [-0.2, 0) is 20.3 Å². The predicted molar refractivity (Wildman–Crippen MR) is 150 cm³/mol. The third kappa shape index (κ3) is 6.37. The minimum absolute atomic E-state index is 0.271. The molecule has 226 valence electrons. The smallest absolute Gasteiger partial charge is 0.342 e. The molecule has 3 aliphatic rings. The molecule has 2 fully saturated rings. The fourth-order valence-electron chi connectivity index (χ4n) is 7.70. The molecule has 0 aromatic heterocycles. The lowest BCUT2D eigenvalue weighted by molar-refractivity contribution is -0.159. The van der Waals surface area contributed by atoms with E-state index >= 15 is 0 Å². The number of hydrogen-bond acceptors (Lipinski definition) is 6. The highest BCUT2D eigenvalue weighted by molar-refractivity contribution is 7.70. The number of fused-ring (bicyclic) bond motifs is 5. The van der Waals surface area contributed by atoms with Gasteiger partial charge in [-0.15, -0.1) is 0 Å². The first-order valence-corrected chi connectivity index (χ1v) is 17.7. The van der Waals surface area contributed by atoms with Gasteiger partial charge in [0, 0.05) is 18.5 Å². The molecule has 8 N–H and O–H groups in total. The molecule has 3 aliphatic carbocycles. The Hall–Kier alpha value is -1.29. The van der Waals surface area contributed by atoms with E-state index in [4.69, 9.17) is 19.6 Å². The Bertz CT molecular complexity index is 1150. The Balaban J connectivity index is 1.20. The number of rotatable bonds is 12. The summed E-state index contributed by atoms with van der Waals surface area (Å²) in [5, 5.41) is 25.3. The molecular weight excluding hydrogens is 558 g/mol. The van der Waals surface area contributed by atoms with Gasteiger partial charge in [-0.25, -0.2) is 0 Å². The summed E-state index contributed by atoms with van der Waals surface area (Å²) in [6.45, 7) is 2.41. The fraction of sp³-hybridized carbons (Fsp3) is 0.741. The standard InChI is InChI=1S/C27H44N2O9P2/c1-26-12-10-21-20-9-7-19(30)16-18(20)6-8-22(21)23(26)11-13-27(26,32)25(31)29-15-5-3-2-4-14-28-17-24(39(33,34)35)40(36,37)38/h7,9,16,21-24,28,30,32H,2-6,8,10-15,17H2,1H3,(H,29,31)(H2,33,34,35)(H2,36,37,38)/t21?,22?,23?,26-,27-/m0/s1. The van der Waals surface area contributed by atoms with Gasteiger partial charge in [-0.3, -0.25) is 13.9 Å². The summed E-state index contributed by atoms with van der Waals surface area (Å²) in [5.74, 6) is 1.11. The third-order valence-electron chi connectivity index (χ3n) is 9.91. The quantitative estimate of drug-likeness (QED) is 0.130. The SMILES string of the molecule is C[C@]12CCC3c4ccc(O)cc4CCC3C1CC[C@]2(O)C(=O)NCCCCCCNCC(P(=O)(O)O)P(=O)(O)O. The molecule has 40 heavy (non-hydrogen) atoms. The number of benzene rings is 1. The summed E-state index contributed by atoms with van der Waals surface area (Å²) in [6.07, 6.45) is 7.82. The van der Waals surface area contributed by atoms with Gasteiger partial charge in [0.05, 0.1) is 0 Å². The molecule has 0 spiro atoms. The van der Waals surface area contributed by atoms with Crippen molar-refractivity contribution in [3.63, 3.8) is 0 Å². The van der Waals surface area contributed by atoms with Crippen LogP contribution in [0.15, 0.2) is 18.2 Å². The van der Waals surface area contributed by atoms with Gasteiger partial charge in [-0.2, -0.15) is 0 Å². The van der Waals surface area contributed by atoms with E-state index in [9.17, 15) is 24.1 Å². The molecule has 1 aromatic carbocycles. The van der Waals surface area contributed by atoms with Gasteiger partial charge in [-0.05, 0) is 98.9 Å². The van der Waals surface area contributed by atoms with Crippen LogP contribution in [0.2, 0.25) is 0 Å². The zero-order chi connectivity index (χ0) is 29.3. The van der Waals surface area contributed by atoms with Crippen LogP contribution in [0.25, 0.3) is 0 Å². The molecule has 11 nitrogen and oxygen atoms in total. The van der Waals surface area contributed by atoms with Gasteiger partial charge in [0.1, 0.15) is 11.4 Å². The van der Waals surface area contributed by atoms with Crippen LogP contribution in [0.3, 0.4) is 0 Å². The van der Waals surface area contributed by atoms with Crippen LogP contribution in [0, 0.1) is 17.3 Å². The first-order chi connectivity index (χ1) is 18.7. The van der Waals surface area contributed by atoms with Gasteiger partial charge in [0.15, 0.2) is 5.40 Å². The number of phenols is 1. The van der Waals surface area contributed by atoms with E-state index in [1.165, 1.54) is 11.1 Å². The van der Waals surface area contributed by atoms with E-state index in [1.807, 2.05) is 6.07 Å². The van der Waals surface area contributed by atoms with Gasteiger partial charge in [0.25, 0.3) is 5.91 Å². The predicted octanol–water partition coefficient (Wildman–Crippen LogP) is 2.93. The van der Waals surface area contributed by atoms with Crippen LogP contribution in [-0.4, -0.2) is 66.3 Å². The highest BCUT2D eigenvalue weighted by atomic mass is 31.2. The van der Waals surface area contributed by atoms with Crippen molar-refractivity contribution in [2.45, 2.75) is 88.1 Å². The lowest BCUT2D eigenvalue weighted by Crippen LogP contribution is -2.58. The number of nitrogens with one attached hydrogen (secondary N) is 2. The van der Waals surface area contributed by atoms with Gasteiger partial charge >= 0.3 is 15.2 Å². The molecule has 4 rings (SSSR count). The summed E-state index contributed by atoms with van der Waals surface area (Å²) < 4.78 is 22.6. The number of amides is 1. The van der Waals surface area contributed by atoms with Crippen LogP contribution in [0.4, 0.5) is 0 Å². The Labute approximate surface area is 235 Å². The summed E-state index contributed by atoms with van der Waals surface area (Å²) in [4.78, 5) is 49.9. The molecule has 2 saturated carbocycles. The summed E-state index contributed by atoms with van der Waals surface area (Å²) in [5.41, 5.74) is 0.666. The van der Waals surface area contributed by atoms with Crippen LogP contribution >= 0.6 is 15.2 Å². The topological polar surface area (TPSA) is 197 Å². The Morgan fingerprint density at radius 1 is 1.00 bits per heavy atom. The average molecular weight is 603 g/mol. The molecule has 1 amide bonds. The average Bonchev–Trinajstić information content (AvgIpc) is 3.14. The Morgan fingerprint density at radius 2 is 1.68 bits per heavy atom. The minimum Gasteiger partial charge on any atom is -0.508 e. The molecule has 0 saturated heterocycles. The lowest BCUT2D eigenvalue weighted by atomic mass is 9.53. The van der Waals surface area contributed by atoms with Crippen molar-refractivity contribution in [2.24, 2.45) is 17.3 Å². The van der Waals surface area contributed by atoms with E-state index in [2.05, 4.69) is 23.6 Å². The first kappa shape index (κ1) is 31.6. The number of carbonyl (C=O) groups excluding carboxylic acids is 1. The maximum Gasteiger partial charge on any atom is 0.342 e. The molecule has 1 aromatic rings. The number of hydrogen-bond donors (Lipinski definition) is 8. The summed E-state index contributed by atoms with van der Waals surface area (Å²) in [7, 11) is -9.85. The molecule has 3 unspecified atom stereocenters. The largest absolute Gasteiger partial charge is 0.508 e. The van der Waals surface area contributed by atoms with Crippen molar-refractivity contribution in [1.29, 1.82) is 0 Å². The second kappa shape index (κ2) is 12.1. The Morgan fingerprint density at radius 3 is 2.35 bits per heavy atom. The number of carbonyl (C=O) groups is 1. The van der Waals surface area contributed by atoms with E-state index in [1.54, 1.807) is 6.07 Å². The van der Waals surface area contributed by atoms with Crippen LogP contribution in [0.1, 0.15) is 81.8 Å². The van der Waals surface area contributed by atoms with Crippen molar-refractivity contribution < 1.29 is 43.7 Å². The maximum absolute atomic E-state index is 13.3. The molecule has 0 aliphatic heterocycles. The monoisotopic (exact) mass is 602 g/mol. The normalized spacial score (nSPS) is 30.0. The number of unbranched alkanes of at least 4 members (excludes halogenated alkanes) is 3. The number of aromatic hydroxyl groups is 1. The summed E-state index contributed by atoms with van der Waals surface area (Å²) in [6, 6.07) is 5.69. The summed E-state index contributed by atoms with van der Waals surface area (Å²) >= 11 is 0. The van der Waals surface area contributed by atoms with Crippen molar-refractivity contribution in [1.82, 2.24) is 10.6 Å². The zero-order valence-electron chi connectivity index (χ0n) is 23.0. The maximum atomic E-state index is 13.3. The van der Waals surface area contributed by atoms with Crippen molar-refractivity contribution >= 4 is 21.1 Å². The lowest BCUT2D eigenvalue weighted by Gasteiger charge is -2.52. The highest BCUT2D eigenvalue weighted by Crippen LogP contribution is 2.64. The van der Waals surface area contributed by atoms with E-state index < -0.39 is 38.2 Å². The molecule has 5 atom stereocenters. The third-order valence-corrected chi connectivity index (χ3v) is 13.6. The molecule has 0 bridgehead atoms. The molecule has 0 radical (unpaired) electrons. The zero-order valence-corrected chi connectivity index (χ0v) is 24.8. The molecule has 0 heterocycles. The van der Waals surface area contributed by atoms with Crippen LogP contribution in [0.5, 0.6) is 5.75 Å². The first-order valence-electron chi connectivity index (χ1n) is 14.3. The van der Waals surface area contributed by atoms with E-state index in [-0.39, 0.29) is 11.8 Å². The fourth-order valence-corrected chi connectivity index (χ4v) is 10.0. The van der Waals surface area contributed by atoms with Gasteiger partial charge in [0.2, 0.25) is 0 Å². The Kier molecular flexibility index (Phi) is 9.60. The van der Waals surface area contributed by atoms with Crippen molar-refractivity contribution in [3.8, 4) is 5.75 Å².